The fourth-order valence-corrected chi connectivity index (χ4v) is 5.20. The van der Waals surface area contributed by atoms with Crippen LogP contribution in [0, 0.1) is 5.92 Å². The predicted molar refractivity (Wildman–Crippen MR) is 116 cm³/mol. The number of fused-ring (bicyclic) bond motifs is 4. The molecule has 4 nitrogen and oxygen atoms in total. The molecule has 214 valence electrons. The van der Waals surface area contributed by atoms with Crippen molar-refractivity contribution in [2.45, 2.75) is 108 Å². The molecule has 1 unspecified atom stereocenters. The fraction of sp³-hybridized carbons (Fsp3) is 0.750. The summed E-state index contributed by atoms with van der Waals surface area (Å²) >= 11 is 0. The standard InChI is InChI=1S/C12H14F6N2.C12H14F4N2/c1-10(2,3)20-8-6(7(19-20)9(13)14)11(15,16)4-5-12(8,17)18;1-11(2,3)18-9-7(8(17-18)10(13)14)5-4-6(5)12(9,15)16/h9H,4-5H2,1-3H3;5-6,10H,4H2,1-3H3/t;5-,6?/m.0/s1. The Bertz CT molecular complexity index is 1230. The zero-order valence-corrected chi connectivity index (χ0v) is 21.5. The molecule has 5 rings (SSSR count). The first kappa shape index (κ1) is 28.7. The van der Waals surface area contributed by atoms with Gasteiger partial charge in [-0.3, -0.25) is 9.36 Å². The third-order valence-electron chi connectivity index (χ3n) is 6.96. The number of hydrogen-bond donors (Lipinski definition) is 0. The van der Waals surface area contributed by atoms with Gasteiger partial charge in [-0.25, -0.2) is 26.3 Å². The van der Waals surface area contributed by atoms with Crippen LogP contribution >= 0.6 is 0 Å². The maximum Gasteiger partial charge on any atom is 0.293 e. The Labute approximate surface area is 212 Å². The van der Waals surface area contributed by atoms with Gasteiger partial charge in [-0.05, 0) is 53.9 Å². The maximum absolute atomic E-state index is 14.1. The molecule has 0 bridgehead atoms. The van der Waals surface area contributed by atoms with E-state index in [-0.39, 0.29) is 11.3 Å². The molecule has 2 atom stereocenters. The van der Waals surface area contributed by atoms with Crippen LogP contribution in [0.3, 0.4) is 0 Å². The average Bonchev–Trinajstić information content (AvgIpc) is 3.14. The van der Waals surface area contributed by atoms with Crippen molar-refractivity contribution in [2.75, 3.05) is 0 Å². The summed E-state index contributed by atoms with van der Waals surface area (Å²) < 4.78 is 137. The van der Waals surface area contributed by atoms with Crippen molar-refractivity contribution in [1.82, 2.24) is 19.6 Å². The van der Waals surface area contributed by atoms with Crippen molar-refractivity contribution in [3.8, 4) is 0 Å². The van der Waals surface area contributed by atoms with Gasteiger partial charge in [0.2, 0.25) is 0 Å². The quantitative estimate of drug-likeness (QED) is 0.345. The molecule has 0 N–H and O–H groups in total. The van der Waals surface area contributed by atoms with Crippen LogP contribution in [-0.2, 0) is 28.8 Å². The molecule has 2 aromatic heterocycles. The minimum absolute atomic E-state index is 0.106. The lowest BCUT2D eigenvalue weighted by Crippen LogP contribution is -2.36. The van der Waals surface area contributed by atoms with Crippen LogP contribution in [0.1, 0.15) is 113 Å². The number of halogens is 10. The predicted octanol–water partition coefficient (Wildman–Crippen LogP) is 8.34. The molecule has 14 heteroatoms. The molecule has 3 aliphatic rings. The van der Waals surface area contributed by atoms with E-state index in [9.17, 15) is 43.9 Å². The van der Waals surface area contributed by atoms with Gasteiger partial charge in [-0.2, -0.15) is 27.8 Å². The average molecular weight is 562 g/mol. The minimum Gasteiger partial charge on any atom is -0.257 e. The minimum atomic E-state index is -3.72. The summed E-state index contributed by atoms with van der Waals surface area (Å²) in [5.74, 6) is -11.5. The molecule has 3 aliphatic carbocycles. The van der Waals surface area contributed by atoms with E-state index >= 15 is 0 Å². The van der Waals surface area contributed by atoms with Crippen molar-refractivity contribution >= 4 is 0 Å². The molecule has 0 amide bonds. The third-order valence-corrected chi connectivity index (χ3v) is 6.96. The van der Waals surface area contributed by atoms with Crippen molar-refractivity contribution < 1.29 is 43.9 Å². The SMILES string of the molecule is CC(C)(C)n1nc(C(F)F)c2c1C(F)(F)C1C[C@H]21.CC(C)(C)n1nc(C(F)F)c2c1C(F)(F)CCC2(F)F. The smallest absolute Gasteiger partial charge is 0.257 e. The molecule has 1 saturated carbocycles. The van der Waals surface area contributed by atoms with E-state index in [1.165, 1.54) is 20.8 Å². The first-order chi connectivity index (χ1) is 17.0. The van der Waals surface area contributed by atoms with Crippen molar-refractivity contribution in [1.29, 1.82) is 0 Å². The van der Waals surface area contributed by atoms with Crippen LogP contribution in [-0.4, -0.2) is 19.6 Å². The normalized spacial score (nSPS) is 24.6. The highest BCUT2D eigenvalue weighted by Crippen LogP contribution is 2.68. The molecule has 1 fully saturated rings. The van der Waals surface area contributed by atoms with E-state index in [0.717, 1.165) is 4.68 Å². The van der Waals surface area contributed by atoms with E-state index < -0.39 is 89.0 Å². The highest BCUT2D eigenvalue weighted by atomic mass is 19.3. The molecule has 0 aliphatic heterocycles. The van der Waals surface area contributed by atoms with Gasteiger partial charge < -0.3 is 0 Å². The molecule has 0 spiro atoms. The lowest BCUT2D eigenvalue weighted by molar-refractivity contribution is -0.103. The topological polar surface area (TPSA) is 35.6 Å². The second kappa shape index (κ2) is 8.36. The Hall–Kier alpha value is -2.28. The van der Waals surface area contributed by atoms with Gasteiger partial charge in [0.1, 0.15) is 22.8 Å². The van der Waals surface area contributed by atoms with Gasteiger partial charge in [0.15, 0.2) is 0 Å². The third kappa shape index (κ3) is 4.39. The van der Waals surface area contributed by atoms with Crippen LogP contribution in [0.5, 0.6) is 0 Å². The van der Waals surface area contributed by atoms with Crippen molar-refractivity contribution in [3.63, 3.8) is 0 Å². The zero-order chi connectivity index (χ0) is 29.0. The lowest BCUT2D eigenvalue weighted by atomic mass is 9.88. The molecule has 2 aromatic rings. The zero-order valence-electron chi connectivity index (χ0n) is 21.5. The van der Waals surface area contributed by atoms with Gasteiger partial charge in [0.25, 0.3) is 30.6 Å². The van der Waals surface area contributed by atoms with E-state index in [2.05, 4.69) is 10.2 Å². The van der Waals surface area contributed by atoms with Crippen LogP contribution < -0.4 is 0 Å². The summed E-state index contributed by atoms with van der Waals surface area (Å²) in [4.78, 5) is 0. The van der Waals surface area contributed by atoms with E-state index in [4.69, 9.17) is 0 Å². The largest absolute Gasteiger partial charge is 0.293 e. The number of rotatable bonds is 2. The highest BCUT2D eigenvalue weighted by Gasteiger charge is 2.67. The number of nitrogens with zero attached hydrogens (tertiary/aromatic N) is 4. The molecular formula is C24H28F10N4. The van der Waals surface area contributed by atoms with Crippen LogP contribution in [0.25, 0.3) is 0 Å². The highest BCUT2D eigenvalue weighted by molar-refractivity contribution is 5.46. The summed E-state index contributed by atoms with van der Waals surface area (Å²) in [5, 5.41) is 7.12. The first-order valence-electron chi connectivity index (χ1n) is 12.0. The van der Waals surface area contributed by atoms with Crippen LogP contribution in [0.4, 0.5) is 43.9 Å². The monoisotopic (exact) mass is 562 g/mol. The van der Waals surface area contributed by atoms with Gasteiger partial charge in [-0.1, -0.05) is 0 Å². The van der Waals surface area contributed by atoms with Crippen molar-refractivity contribution in [3.05, 3.63) is 33.9 Å². The Morgan fingerprint density at radius 3 is 1.63 bits per heavy atom. The fourth-order valence-electron chi connectivity index (χ4n) is 5.20. The molecular weight excluding hydrogens is 534 g/mol. The van der Waals surface area contributed by atoms with E-state index in [0.29, 0.717) is 11.1 Å². The summed E-state index contributed by atoms with van der Waals surface area (Å²) in [5.41, 5.74) is -6.11. The Morgan fingerprint density at radius 2 is 1.16 bits per heavy atom. The lowest BCUT2D eigenvalue weighted by Gasteiger charge is -2.32. The summed E-state index contributed by atoms with van der Waals surface area (Å²) in [7, 11) is 0. The Morgan fingerprint density at radius 1 is 0.711 bits per heavy atom. The molecule has 38 heavy (non-hydrogen) atoms. The van der Waals surface area contributed by atoms with Crippen molar-refractivity contribution in [2.24, 2.45) is 5.92 Å². The molecule has 0 radical (unpaired) electrons. The second-order valence-electron chi connectivity index (χ2n) is 12.0. The molecule has 2 heterocycles. The Kier molecular flexibility index (Phi) is 6.32. The van der Waals surface area contributed by atoms with E-state index in [1.807, 2.05) is 0 Å². The number of alkyl halides is 10. The molecule has 0 saturated heterocycles. The van der Waals surface area contributed by atoms with Crippen LogP contribution in [0.2, 0.25) is 0 Å². The summed E-state index contributed by atoms with van der Waals surface area (Å²) in [6, 6.07) is 0. The van der Waals surface area contributed by atoms with Gasteiger partial charge in [0, 0.05) is 24.3 Å². The van der Waals surface area contributed by atoms with Crippen LogP contribution in [0.15, 0.2) is 0 Å². The Balaban J connectivity index is 0.000000178. The summed E-state index contributed by atoms with van der Waals surface area (Å²) in [6.07, 6.45) is -8.07. The number of aromatic nitrogens is 4. The van der Waals surface area contributed by atoms with Gasteiger partial charge >= 0.3 is 0 Å². The first-order valence-corrected chi connectivity index (χ1v) is 12.0. The summed E-state index contributed by atoms with van der Waals surface area (Å²) in [6.45, 7) is 9.40. The number of hydrogen-bond acceptors (Lipinski definition) is 2. The van der Waals surface area contributed by atoms with E-state index in [1.54, 1.807) is 20.8 Å². The van der Waals surface area contributed by atoms with Gasteiger partial charge in [-0.15, -0.1) is 0 Å². The molecule has 0 aromatic carbocycles. The maximum atomic E-state index is 14.1. The second-order valence-corrected chi connectivity index (χ2v) is 12.0. The van der Waals surface area contributed by atoms with Gasteiger partial charge in [0.05, 0.1) is 16.6 Å².